The maximum absolute atomic E-state index is 14.3. The molecule has 1 atom stereocenters. The van der Waals surface area contributed by atoms with Gasteiger partial charge in [0.1, 0.15) is 11.6 Å². The Hall–Kier alpha value is -4.78. The van der Waals surface area contributed by atoms with Crippen molar-refractivity contribution in [2.45, 2.75) is 58.2 Å². The first-order valence-corrected chi connectivity index (χ1v) is 15.3. The lowest BCUT2D eigenvalue weighted by atomic mass is 9.96. The largest absolute Gasteiger partial charge is 0.464 e. The first-order valence-electron chi connectivity index (χ1n) is 15.3. The summed E-state index contributed by atoms with van der Waals surface area (Å²) in [6.07, 6.45) is -0.230. The Morgan fingerprint density at radius 2 is 1.39 bits per heavy atom. The molecule has 2 amide bonds. The summed E-state index contributed by atoms with van der Waals surface area (Å²) in [6, 6.07) is 19.3. The van der Waals surface area contributed by atoms with Crippen molar-refractivity contribution in [3.63, 3.8) is 0 Å². The molecule has 46 heavy (non-hydrogen) atoms. The van der Waals surface area contributed by atoms with Crippen LogP contribution >= 0.6 is 0 Å². The van der Waals surface area contributed by atoms with Crippen LogP contribution in [-0.4, -0.2) is 101 Å². The van der Waals surface area contributed by atoms with E-state index in [9.17, 15) is 19.2 Å². The predicted octanol–water partition coefficient (Wildman–Crippen LogP) is 3.83. The Bertz CT molecular complexity index is 1460. The summed E-state index contributed by atoms with van der Waals surface area (Å²) in [5.74, 6) is -2.31. The highest BCUT2D eigenvalue weighted by Gasteiger charge is 2.42. The zero-order valence-corrected chi connectivity index (χ0v) is 27.2. The number of piperazine rings is 1. The first kappa shape index (κ1) is 34.1. The van der Waals surface area contributed by atoms with Crippen molar-refractivity contribution >= 4 is 23.9 Å². The van der Waals surface area contributed by atoms with Crippen molar-refractivity contribution < 1.29 is 33.4 Å². The van der Waals surface area contributed by atoms with Crippen LogP contribution in [0.25, 0.3) is 0 Å². The second-order valence-electron chi connectivity index (χ2n) is 11.9. The molecular weight excluding hydrogens is 592 g/mol. The number of ether oxygens (including phenoxy) is 3. The minimum absolute atomic E-state index is 0.00106. The van der Waals surface area contributed by atoms with Gasteiger partial charge in [-0.3, -0.25) is 9.69 Å². The van der Waals surface area contributed by atoms with E-state index in [0.29, 0.717) is 32.6 Å². The summed E-state index contributed by atoms with van der Waals surface area (Å²) in [6.45, 7) is 8.85. The van der Waals surface area contributed by atoms with Gasteiger partial charge in [0.15, 0.2) is 0 Å². The molecule has 0 unspecified atom stereocenters. The number of rotatable bonds is 10. The summed E-state index contributed by atoms with van der Waals surface area (Å²) in [4.78, 5) is 58.4. The Morgan fingerprint density at radius 3 is 1.87 bits per heavy atom. The minimum atomic E-state index is -1.14. The molecule has 2 aromatic carbocycles. The number of carbonyl (C=O) groups excluding carboxylic acids is 4. The Kier molecular flexibility index (Phi) is 11.1. The molecule has 3 aromatic rings. The average molecular weight is 635 g/mol. The van der Waals surface area contributed by atoms with Gasteiger partial charge in [0.2, 0.25) is 17.3 Å². The highest BCUT2D eigenvalue weighted by molar-refractivity contribution is 6.01. The first-order chi connectivity index (χ1) is 22.0. The fraction of sp³-hybridized carbons (Fsp3) is 0.455. The average Bonchev–Trinajstić information content (AvgIpc) is 3.48. The Balaban J connectivity index is 1.67. The van der Waals surface area contributed by atoms with E-state index in [0.717, 1.165) is 35.1 Å². The zero-order chi connectivity index (χ0) is 33.4. The molecule has 13 nitrogen and oxygen atoms in total. The van der Waals surface area contributed by atoms with Gasteiger partial charge in [-0.1, -0.05) is 74.0 Å². The van der Waals surface area contributed by atoms with Gasteiger partial charge in [0.05, 0.1) is 20.3 Å². The highest BCUT2D eigenvalue weighted by atomic mass is 16.6. The van der Waals surface area contributed by atoms with Crippen LogP contribution in [0, 0.1) is 0 Å². The van der Waals surface area contributed by atoms with Gasteiger partial charge in [0, 0.05) is 26.2 Å². The molecule has 0 radical (unpaired) electrons. The molecule has 0 bridgehead atoms. The molecule has 0 spiro atoms. The molecule has 1 fully saturated rings. The molecule has 1 saturated heterocycles. The van der Waals surface area contributed by atoms with Gasteiger partial charge in [-0.2, -0.15) is 5.01 Å². The van der Waals surface area contributed by atoms with Crippen LogP contribution in [0.5, 0.6) is 0 Å². The molecule has 13 heteroatoms. The minimum Gasteiger partial charge on any atom is -0.464 e. The van der Waals surface area contributed by atoms with Crippen molar-refractivity contribution in [1.82, 2.24) is 24.9 Å². The van der Waals surface area contributed by atoms with E-state index in [1.165, 1.54) is 0 Å². The zero-order valence-electron chi connectivity index (χ0n) is 27.2. The van der Waals surface area contributed by atoms with Crippen molar-refractivity contribution in [1.29, 1.82) is 0 Å². The maximum Gasteiger partial charge on any atom is 0.431 e. The lowest BCUT2D eigenvalue weighted by Crippen LogP contribution is -2.60. The molecule has 1 aliphatic heterocycles. The summed E-state index contributed by atoms with van der Waals surface area (Å²) in [5.41, 5.74) is 0.411. The number of hydrogen-bond acceptors (Lipinski definition) is 10. The number of nitrogens with zero attached hydrogens (tertiary/aromatic N) is 6. The molecule has 0 N–H and O–H groups in total. The number of esters is 2. The van der Waals surface area contributed by atoms with Gasteiger partial charge >= 0.3 is 18.0 Å². The molecule has 1 aromatic heterocycles. The van der Waals surface area contributed by atoms with Gasteiger partial charge in [-0.25, -0.2) is 14.4 Å². The fourth-order valence-corrected chi connectivity index (χ4v) is 5.50. The van der Waals surface area contributed by atoms with E-state index in [4.69, 9.17) is 14.2 Å². The van der Waals surface area contributed by atoms with Crippen LogP contribution in [0.4, 0.5) is 4.79 Å². The lowest BCUT2D eigenvalue weighted by molar-refractivity contribution is -0.135. The maximum atomic E-state index is 14.3. The molecule has 0 saturated carbocycles. The SMILES string of the molecule is CCC[C@@H](C(=O)N1CCN(C(c2ccccc2)c2ccccc2)CC1)N(C(=O)OC(C)(C)C)n1nnc(C(=O)OC)c1C(=O)OC. The summed E-state index contributed by atoms with van der Waals surface area (Å²) in [7, 11) is 2.24. The van der Waals surface area contributed by atoms with E-state index < -0.39 is 41.1 Å². The fourth-order valence-electron chi connectivity index (χ4n) is 5.50. The second kappa shape index (κ2) is 15.0. The van der Waals surface area contributed by atoms with Crippen LogP contribution in [0.2, 0.25) is 0 Å². The Morgan fingerprint density at radius 1 is 0.848 bits per heavy atom. The van der Waals surface area contributed by atoms with E-state index in [1.54, 1.807) is 25.7 Å². The third kappa shape index (κ3) is 7.71. The van der Waals surface area contributed by atoms with Crippen molar-refractivity contribution in [2.75, 3.05) is 45.4 Å². The van der Waals surface area contributed by atoms with E-state index in [-0.39, 0.29) is 18.4 Å². The van der Waals surface area contributed by atoms with Crippen LogP contribution in [0.1, 0.15) is 78.7 Å². The van der Waals surface area contributed by atoms with Crippen LogP contribution in [0.15, 0.2) is 60.7 Å². The molecule has 246 valence electrons. The summed E-state index contributed by atoms with van der Waals surface area (Å²) >= 11 is 0. The van der Waals surface area contributed by atoms with E-state index in [1.807, 2.05) is 43.3 Å². The van der Waals surface area contributed by atoms with Crippen molar-refractivity contribution in [3.8, 4) is 0 Å². The van der Waals surface area contributed by atoms with Gasteiger partial charge < -0.3 is 19.1 Å². The Labute approximate surface area is 269 Å². The quantitative estimate of drug-likeness (QED) is 0.239. The smallest absolute Gasteiger partial charge is 0.431 e. The lowest BCUT2D eigenvalue weighted by Gasteiger charge is -2.42. The molecule has 1 aliphatic rings. The van der Waals surface area contributed by atoms with Gasteiger partial charge in [-0.15, -0.1) is 9.89 Å². The molecule has 4 rings (SSSR count). The van der Waals surface area contributed by atoms with Gasteiger partial charge in [0.25, 0.3) is 0 Å². The van der Waals surface area contributed by atoms with Crippen LogP contribution in [0.3, 0.4) is 0 Å². The van der Waals surface area contributed by atoms with Crippen LogP contribution < -0.4 is 5.01 Å². The molecule has 0 aliphatic carbocycles. The number of benzene rings is 2. The summed E-state index contributed by atoms with van der Waals surface area (Å²) in [5, 5.41) is 8.71. The normalized spacial score (nSPS) is 14.5. The monoisotopic (exact) mass is 634 g/mol. The van der Waals surface area contributed by atoms with Crippen molar-refractivity contribution in [2.24, 2.45) is 0 Å². The number of hydrogen-bond donors (Lipinski definition) is 0. The van der Waals surface area contributed by atoms with E-state index in [2.05, 4.69) is 39.5 Å². The van der Waals surface area contributed by atoms with E-state index >= 15 is 0 Å². The third-order valence-corrected chi connectivity index (χ3v) is 7.56. The number of aromatic nitrogens is 3. The summed E-state index contributed by atoms with van der Waals surface area (Å²) < 4.78 is 15.4. The van der Waals surface area contributed by atoms with Gasteiger partial charge in [-0.05, 0) is 43.5 Å². The van der Waals surface area contributed by atoms with Crippen molar-refractivity contribution in [3.05, 3.63) is 83.2 Å². The predicted molar refractivity (Wildman–Crippen MR) is 169 cm³/mol. The highest BCUT2D eigenvalue weighted by Crippen LogP contribution is 2.30. The number of methoxy groups -OCH3 is 2. The standard InChI is InChI=1S/C33H42N6O7/c1-7-14-25(38(32(43)46-33(2,3)4)39-28(31(42)45-6)26(34-35-39)30(41)44-5)29(40)37-21-19-36(20-22-37)27(23-15-10-8-11-16-23)24-17-12-9-13-18-24/h8-13,15-18,25,27H,7,14,19-22H2,1-6H3/t25-/m0/s1. The second-order valence-corrected chi connectivity index (χ2v) is 11.9. The van der Waals surface area contributed by atoms with Crippen LogP contribution in [-0.2, 0) is 19.0 Å². The number of amides is 2. The molecular formula is C33H42N6O7. The topological polar surface area (TPSA) is 136 Å². The third-order valence-electron chi connectivity index (χ3n) is 7.56. The number of carbonyl (C=O) groups is 4. The molecule has 2 heterocycles.